The Kier molecular flexibility index (Phi) is 9.89. The summed E-state index contributed by atoms with van der Waals surface area (Å²) in [6.45, 7) is 4.24. The van der Waals surface area contributed by atoms with E-state index in [1.807, 2.05) is 0 Å². The molecule has 1 fully saturated rings. The number of carboxylic acids is 1. The summed E-state index contributed by atoms with van der Waals surface area (Å²) in [4.78, 5) is 35.1. The van der Waals surface area contributed by atoms with Crippen LogP contribution in [0.5, 0.6) is 5.75 Å². The molecule has 1 amide bonds. The van der Waals surface area contributed by atoms with Crippen molar-refractivity contribution in [3.8, 4) is 5.75 Å². The van der Waals surface area contributed by atoms with Gasteiger partial charge in [0, 0.05) is 37.9 Å². The SMILES string of the molecule is CNCCC(=O)NCc1cc(COC(=O)C(C)C)ccc1OC1CC(O)CC(C(=O)O)O1. The van der Waals surface area contributed by atoms with Gasteiger partial charge in [0.15, 0.2) is 6.10 Å². The number of hydrogen-bond donors (Lipinski definition) is 4. The fraction of sp³-hybridized carbons (Fsp3) is 0.591. The third-order valence-corrected chi connectivity index (χ3v) is 4.86. The number of hydrogen-bond acceptors (Lipinski definition) is 8. The number of aliphatic hydroxyl groups is 1. The summed E-state index contributed by atoms with van der Waals surface area (Å²) in [5, 5.41) is 24.9. The molecule has 10 nitrogen and oxygen atoms in total. The molecule has 0 bridgehead atoms. The van der Waals surface area contributed by atoms with Crippen molar-refractivity contribution >= 4 is 17.8 Å². The van der Waals surface area contributed by atoms with Crippen LogP contribution in [-0.4, -0.2) is 60.1 Å². The van der Waals surface area contributed by atoms with Crippen LogP contribution in [-0.2, 0) is 37.0 Å². The molecule has 0 aromatic heterocycles. The number of carbonyl (C=O) groups excluding carboxylic acids is 2. The highest BCUT2D eigenvalue weighted by atomic mass is 16.7. The number of ether oxygens (including phenoxy) is 3. The molecule has 1 saturated heterocycles. The minimum absolute atomic E-state index is 0.0102. The van der Waals surface area contributed by atoms with E-state index in [2.05, 4.69) is 10.6 Å². The van der Waals surface area contributed by atoms with Crippen LogP contribution in [0.2, 0.25) is 0 Å². The Morgan fingerprint density at radius 3 is 2.66 bits per heavy atom. The second kappa shape index (κ2) is 12.4. The molecule has 1 heterocycles. The van der Waals surface area contributed by atoms with Crippen molar-refractivity contribution in [3.63, 3.8) is 0 Å². The van der Waals surface area contributed by atoms with Crippen molar-refractivity contribution in [1.82, 2.24) is 10.6 Å². The van der Waals surface area contributed by atoms with E-state index in [0.29, 0.717) is 29.8 Å². The minimum atomic E-state index is -1.17. The van der Waals surface area contributed by atoms with Crippen molar-refractivity contribution in [2.45, 2.75) is 64.8 Å². The maximum absolute atomic E-state index is 12.0. The van der Waals surface area contributed by atoms with Crippen molar-refractivity contribution in [2.24, 2.45) is 5.92 Å². The molecule has 1 aromatic rings. The van der Waals surface area contributed by atoms with Gasteiger partial charge in [0.25, 0.3) is 0 Å². The molecule has 3 atom stereocenters. The van der Waals surface area contributed by atoms with Crippen LogP contribution in [0, 0.1) is 5.92 Å². The summed E-state index contributed by atoms with van der Waals surface area (Å²) in [7, 11) is 1.75. The lowest BCUT2D eigenvalue weighted by Crippen LogP contribution is -2.42. The molecule has 2 rings (SSSR count). The van der Waals surface area contributed by atoms with Gasteiger partial charge >= 0.3 is 11.9 Å². The van der Waals surface area contributed by atoms with Gasteiger partial charge in [0.05, 0.1) is 12.0 Å². The predicted molar refractivity (Wildman–Crippen MR) is 114 cm³/mol. The number of carboxylic acid groups (broad SMARTS) is 1. The van der Waals surface area contributed by atoms with Crippen LogP contribution in [0.25, 0.3) is 0 Å². The zero-order chi connectivity index (χ0) is 23.7. The van der Waals surface area contributed by atoms with Crippen molar-refractivity contribution < 1.29 is 38.8 Å². The van der Waals surface area contributed by atoms with Gasteiger partial charge in [-0.2, -0.15) is 0 Å². The topological polar surface area (TPSA) is 143 Å². The first-order chi connectivity index (χ1) is 15.2. The molecule has 4 N–H and O–H groups in total. The van der Waals surface area contributed by atoms with Crippen molar-refractivity contribution in [3.05, 3.63) is 29.3 Å². The molecule has 1 aromatic carbocycles. The van der Waals surface area contributed by atoms with Crippen LogP contribution in [0.15, 0.2) is 18.2 Å². The van der Waals surface area contributed by atoms with Gasteiger partial charge in [-0.25, -0.2) is 4.79 Å². The fourth-order valence-electron chi connectivity index (χ4n) is 3.05. The van der Waals surface area contributed by atoms with Gasteiger partial charge in [0.1, 0.15) is 12.4 Å². The molecule has 0 aliphatic carbocycles. The second-order valence-electron chi connectivity index (χ2n) is 7.97. The molecule has 0 radical (unpaired) electrons. The summed E-state index contributed by atoms with van der Waals surface area (Å²) in [5.74, 6) is -1.52. The van der Waals surface area contributed by atoms with Crippen LogP contribution in [0.4, 0.5) is 0 Å². The quantitative estimate of drug-likeness (QED) is 0.361. The fourth-order valence-corrected chi connectivity index (χ4v) is 3.05. The molecule has 1 aliphatic rings. The van der Waals surface area contributed by atoms with E-state index in [-0.39, 0.29) is 43.8 Å². The van der Waals surface area contributed by atoms with Crippen LogP contribution in [0.1, 0.15) is 44.2 Å². The van der Waals surface area contributed by atoms with Crippen LogP contribution < -0.4 is 15.4 Å². The lowest BCUT2D eigenvalue weighted by atomic mass is 10.1. The average Bonchev–Trinajstić information content (AvgIpc) is 2.75. The van der Waals surface area contributed by atoms with E-state index < -0.39 is 24.5 Å². The Labute approximate surface area is 187 Å². The first kappa shape index (κ1) is 25.6. The lowest BCUT2D eigenvalue weighted by Gasteiger charge is -2.31. The Morgan fingerprint density at radius 1 is 1.25 bits per heavy atom. The van der Waals surface area contributed by atoms with Gasteiger partial charge < -0.3 is 35.1 Å². The third-order valence-electron chi connectivity index (χ3n) is 4.86. The molecule has 178 valence electrons. The smallest absolute Gasteiger partial charge is 0.333 e. The molecular weight excluding hydrogens is 420 g/mol. The third kappa shape index (κ3) is 8.10. The minimum Gasteiger partial charge on any atom is -0.479 e. The number of rotatable bonds is 11. The largest absolute Gasteiger partial charge is 0.479 e. The number of carbonyl (C=O) groups is 3. The summed E-state index contributed by atoms with van der Waals surface area (Å²) in [6.07, 6.45) is -2.58. The molecule has 0 spiro atoms. The molecular formula is C22H32N2O8. The Bertz CT molecular complexity index is 798. The summed E-state index contributed by atoms with van der Waals surface area (Å²) < 4.78 is 16.6. The number of esters is 1. The number of nitrogens with one attached hydrogen (secondary N) is 2. The average molecular weight is 453 g/mol. The monoisotopic (exact) mass is 452 g/mol. The molecule has 1 aliphatic heterocycles. The second-order valence-corrected chi connectivity index (χ2v) is 7.97. The highest BCUT2D eigenvalue weighted by Crippen LogP contribution is 2.27. The van der Waals surface area contributed by atoms with Crippen LogP contribution in [0.3, 0.4) is 0 Å². The predicted octanol–water partition coefficient (Wildman–Crippen LogP) is 0.941. The Balaban J connectivity index is 2.14. The van der Waals surface area contributed by atoms with Gasteiger partial charge in [-0.3, -0.25) is 9.59 Å². The molecule has 10 heteroatoms. The van der Waals surface area contributed by atoms with Gasteiger partial charge in [0.2, 0.25) is 12.2 Å². The first-order valence-electron chi connectivity index (χ1n) is 10.6. The maximum atomic E-state index is 12.0. The normalized spacial score (nSPS) is 20.6. The highest BCUT2D eigenvalue weighted by Gasteiger charge is 2.34. The number of amides is 1. The van der Waals surface area contributed by atoms with E-state index >= 15 is 0 Å². The highest BCUT2D eigenvalue weighted by molar-refractivity contribution is 5.76. The number of benzene rings is 1. The van der Waals surface area contributed by atoms with Crippen molar-refractivity contribution in [1.29, 1.82) is 0 Å². The summed E-state index contributed by atoms with van der Waals surface area (Å²) in [5.41, 5.74) is 1.32. The van der Waals surface area contributed by atoms with Gasteiger partial charge in [-0.15, -0.1) is 0 Å². The molecule has 0 saturated carbocycles. The van der Waals surface area contributed by atoms with Gasteiger partial charge in [-0.05, 0) is 24.7 Å². The molecule has 3 unspecified atom stereocenters. The Hall–Kier alpha value is -2.69. The van der Waals surface area contributed by atoms with Crippen LogP contribution >= 0.6 is 0 Å². The zero-order valence-corrected chi connectivity index (χ0v) is 18.6. The maximum Gasteiger partial charge on any atom is 0.333 e. The number of aliphatic carboxylic acids is 1. The number of aliphatic hydroxyl groups excluding tert-OH is 1. The van der Waals surface area contributed by atoms with Crippen molar-refractivity contribution in [2.75, 3.05) is 13.6 Å². The van der Waals surface area contributed by atoms with E-state index in [0.717, 1.165) is 0 Å². The lowest BCUT2D eigenvalue weighted by molar-refractivity contribution is -0.195. The van der Waals surface area contributed by atoms with Gasteiger partial charge in [-0.1, -0.05) is 19.9 Å². The van der Waals surface area contributed by atoms with E-state index in [1.54, 1.807) is 39.1 Å². The summed E-state index contributed by atoms with van der Waals surface area (Å²) in [6, 6.07) is 5.10. The standard InChI is InChI=1S/C22H32N2O8/c1-13(2)22(29)30-12-14-4-5-17(15(8-14)11-24-19(26)6-7-23-3)31-20-10-16(25)9-18(32-20)21(27)28/h4-5,8,13,16,18,20,23,25H,6-7,9-12H2,1-3H3,(H,24,26)(H,27,28). The summed E-state index contributed by atoms with van der Waals surface area (Å²) >= 11 is 0. The first-order valence-corrected chi connectivity index (χ1v) is 10.6. The van der Waals surface area contributed by atoms with E-state index in [9.17, 15) is 24.6 Å². The molecule has 32 heavy (non-hydrogen) atoms. The zero-order valence-electron chi connectivity index (χ0n) is 18.6. The van der Waals surface area contributed by atoms with E-state index in [4.69, 9.17) is 14.2 Å². The van der Waals surface area contributed by atoms with E-state index in [1.165, 1.54) is 0 Å². The Morgan fingerprint density at radius 2 is 2.00 bits per heavy atom.